The van der Waals surface area contributed by atoms with Gasteiger partial charge in [-0.2, -0.15) is 11.8 Å². The maximum absolute atomic E-state index is 3.53. The normalized spacial score (nSPS) is 18.9. The minimum atomic E-state index is 0.627. The molecule has 0 aromatic carbocycles. The van der Waals surface area contributed by atoms with Gasteiger partial charge in [-0.25, -0.2) is 0 Å². The van der Waals surface area contributed by atoms with Gasteiger partial charge in [-0.1, -0.05) is 0 Å². The van der Waals surface area contributed by atoms with Crippen LogP contribution in [0.25, 0.3) is 0 Å². The van der Waals surface area contributed by atoms with Crippen LogP contribution in [0.5, 0.6) is 0 Å². The average molecular weight is 202 g/mol. The smallest absolute Gasteiger partial charge is 0.0164 e. The van der Waals surface area contributed by atoms with E-state index in [4.69, 9.17) is 0 Å². The highest BCUT2D eigenvalue weighted by Crippen LogP contribution is 2.18. The lowest BCUT2D eigenvalue weighted by Gasteiger charge is -2.13. The Hall–Kier alpha value is 0.270. The van der Waals surface area contributed by atoms with Crippen molar-refractivity contribution in [3.8, 4) is 0 Å². The Morgan fingerprint density at radius 2 is 2.23 bits per heavy atom. The van der Waals surface area contributed by atoms with E-state index in [2.05, 4.69) is 23.8 Å². The van der Waals surface area contributed by atoms with Crippen molar-refractivity contribution in [1.29, 1.82) is 0 Å². The molecule has 1 saturated carbocycles. The maximum atomic E-state index is 3.53. The molecular formula is C10H22N2S. The predicted octanol–water partition coefficient (Wildman–Crippen LogP) is 1.47. The summed E-state index contributed by atoms with van der Waals surface area (Å²) in [6.07, 6.45) is 6.23. The summed E-state index contributed by atoms with van der Waals surface area (Å²) in [5.41, 5.74) is 0. The second-order valence-corrected chi connectivity index (χ2v) is 4.87. The molecule has 1 fully saturated rings. The van der Waals surface area contributed by atoms with Crippen molar-refractivity contribution in [3.05, 3.63) is 0 Å². The Morgan fingerprint density at radius 1 is 1.46 bits per heavy atom. The minimum absolute atomic E-state index is 0.627. The van der Waals surface area contributed by atoms with Crippen molar-refractivity contribution < 1.29 is 0 Å². The van der Waals surface area contributed by atoms with E-state index in [1.807, 2.05) is 11.8 Å². The molecule has 0 amide bonds. The van der Waals surface area contributed by atoms with Crippen molar-refractivity contribution in [2.24, 2.45) is 0 Å². The Balaban J connectivity index is 1.81. The number of rotatable bonds is 8. The summed E-state index contributed by atoms with van der Waals surface area (Å²) in [4.78, 5) is 0. The highest BCUT2D eigenvalue weighted by atomic mass is 32.2. The predicted molar refractivity (Wildman–Crippen MR) is 61.5 cm³/mol. The molecule has 1 rings (SSSR count). The lowest BCUT2D eigenvalue weighted by molar-refractivity contribution is 0.501. The third-order valence-corrected chi connectivity index (χ3v) is 3.01. The summed E-state index contributed by atoms with van der Waals surface area (Å²) in [5, 5.41) is 7.05. The van der Waals surface area contributed by atoms with Crippen LogP contribution in [0.4, 0.5) is 0 Å². The van der Waals surface area contributed by atoms with Crippen LogP contribution in [-0.2, 0) is 0 Å². The van der Waals surface area contributed by atoms with Gasteiger partial charge in [0, 0.05) is 18.6 Å². The Labute approximate surface area is 86.2 Å². The maximum Gasteiger partial charge on any atom is 0.0164 e. The first-order valence-electron chi connectivity index (χ1n) is 5.28. The van der Waals surface area contributed by atoms with E-state index in [1.165, 1.54) is 25.0 Å². The van der Waals surface area contributed by atoms with Crippen molar-refractivity contribution in [2.45, 2.75) is 38.3 Å². The van der Waals surface area contributed by atoms with E-state index in [9.17, 15) is 0 Å². The van der Waals surface area contributed by atoms with Crippen molar-refractivity contribution in [2.75, 3.05) is 25.1 Å². The van der Waals surface area contributed by atoms with Gasteiger partial charge >= 0.3 is 0 Å². The first-order chi connectivity index (χ1) is 6.33. The number of hydrogen-bond donors (Lipinski definition) is 2. The second-order valence-electron chi connectivity index (χ2n) is 3.88. The molecule has 0 radical (unpaired) electrons. The summed E-state index contributed by atoms with van der Waals surface area (Å²) >= 11 is 1.93. The standard InChI is InChI=1S/C10H22N2S/c1-9(8-12-10-4-5-10)11-6-3-7-13-2/h9-12H,3-8H2,1-2H3. The fourth-order valence-corrected chi connectivity index (χ4v) is 1.70. The molecule has 3 heteroatoms. The largest absolute Gasteiger partial charge is 0.313 e. The molecule has 0 aromatic rings. The summed E-state index contributed by atoms with van der Waals surface area (Å²) in [6, 6.07) is 1.47. The van der Waals surface area contributed by atoms with Gasteiger partial charge in [-0.3, -0.25) is 0 Å². The van der Waals surface area contributed by atoms with Crippen LogP contribution in [0.3, 0.4) is 0 Å². The minimum Gasteiger partial charge on any atom is -0.313 e. The first-order valence-corrected chi connectivity index (χ1v) is 6.68. The van der Waals surface area contributed by atoms with E-state index in [0.29, 0.717) is 6.04 Å². The molecule has 1 unspecified atom stereocenters. The first kappa shape index (κ1) is 11.3. The molecule has 2 N–H and O–H groups in total. The molecule has 13 heavy (non-hydrogen) atoms. The zero-order valence-corrected chi connectivity index (χ0v) is 9.62. The summed E-state index contributed by atoms with van der Waals surface area (Å²) < 4.78 is 0. The zero-order valence-electron chi connectivity index (χ0n) is 8.81. The van der Waals surface area contributed by atoms with E-state index >= 15 is 0 Å². The zero-order chi connectivity index (χ0) is 9.52. The molecule has 1 aliphatic carbocycles. The highest BCUT2D eigenvalue weighted by Gasteiger charge is 2.20. The lowest BCUT2D eigenvalue weighted by Crippen LogP contribution is -2.37. The van der Waals surface area contributed by atoms with Crippen molar-refractivity contribution in [3.63, 3.8) is 0 Å². The van der Waals surface area contributed by atoms with Crippen LogP contribution in [0, 0.1) is 0 Å². The van der Waals surface area contributed by atoms with Gasteiger partial charge in [-0.05, 0) is 44.7 Å². The van der Waals surface area contributed by atoms with E-state index in [-0.39, 0.29) is 0 Å². The Kier molecular flexibility index (Phi) is 5.83. The van der Waals surface area contributed by atoms with E-state index in [0.717, 1.165) is 19.1 Å². The summed E-state index contributed by atoms with van der Waals surface area (Å²) in [6.45, 7) is 4.55. The van der Waals surface area contributed by atoms with Gasteiger partial charge in [0.25, 0.3) is 0 Å². The monoisotopic (exact) mass is 202 g/mol. The third-order valence-electron chi connectivity index (χ3n) is 2.31. The van der Waals surface area contributed by atoms with Crippen LogP contribution in [-0.4, -0.2) is 37.2 Å². The van der Waals surface area contributed by atoms with Crippen LogP contribution in [0.2, 0.25) is 0 Å². The molecule has 0 aromatic heterocycles. The summed E-state index contributed by atoms with van der Waals surface area (Å²) in [5.74, 6) is 1.27. The molecule has 0 bridgehead atoms. The van der Waals surface area contributed by atoms with Crippen LogP contribution < -0.4 is 10.6 Å². The quantitative estimate of drug-likeness (QED) is 0.583. The van der Waals surface area contributed by atoms with Gasteiger partial charge in [0.2, 0.25) is 0 Å². The number of thioether (sulfide) groups is 1. The van der Waals surface area contributed by atoms with E-state index in [1.54, 1.807) is 0 Å². The van der Waals surface area contributed by atoms with Crippen molar-refractivity contribution in [1.82, 2.24) is 10.6 Å². The highest BCUT2D eigenvalue weighted by molar-refractivity contribution is 7.98. The fourth-order valence-electron chi connectivity index (χ4n) is 1.27. The number of nitrogens with one attached hydrogen (secondary N) is 2. The van der Waals surface area contributed by atoms with Gasteiger partial charge < -0.3 is 10.6 Å². The average Bonchev–Trinajstić information content (AvgIpc) is 2.92. The van der Waals surface area contributed by atoms with Crippen LogP contribution >= 0.6 is 11.8 Å². The fraction of sp³-hybridized carbons (Fsp3) is 1.00. The van der Waals surface area contributed by atoms with Crippen LogP contribution in [0.15, 0.2) is 0 Å². The molecule has 0 saturated heterocycles. The molecule has 0 heterocycles. The van der Waals surface area contributed by atoms with Gasteiger partial charge in [0.1, 0.15) is 0 Å². The molecule has 0 spiro atoms. The topological polar surface area (TPSA) is 24.1 Å². The summed E-state index contributed by atoms with van der Waals surface area (Å²) in [7, 11) is 0. The molecule has 1 atom stereocenters. The van der Waals surface area contributed by atoms with Gasteiger partial charge in [0.05, 0.1) is 0 Å². The van der Waals surface area contributed by atoms with Crippen molar-refractivity contribution >= 4 is 11.8 Å². The second kappa shape index (κ2) is 6.68. The van der Waals surface area contributed by atoms with Gasteiger partial charge in [0.15, 0.2) is 0 Å². The SMILES string of the molecule is CSCCCNC(C)CNC1CC1. The molecule has 0 aliphatic heterocycles. The molecule has 78 valence electrons. The molecular weight excluding hydrogens is 180 g/mol. The third kappa shape index (κ3) is 6.36. The molecule has 1 aliphatic rings. The number of hydrogen-bond acceptors (Lipinski definition) is 3. The molecule has 2 nitrogen and oxygen atoms in total. The Morgan fingerprint density at radius 3 is 2.85 bits per heavy atom. The Bertz CT molecular complexity index is 126. The van der Waals surface area contributed by atoms with Crippen LogP contribution in [0.1, 0.15) is 26.2 Å². The van der Waals surface area contributed by atoms with E-state index < -0.39 is 0 Å². The van der Waals surface area contributed by atoms with Gasteiger partial charge in [-0.15, -0.1) is 0 Å². The lowest BCUT2D eigenvalue weighted by atomic mass is 10.3.